The summed E-state index contributed by atoms with van der Waals surface area (Å²) in [5, 5.41) is 3.30. The molecule has 1 aromatic rings. The first kappa shape index (κ1) is 43.9. The van der Waals surface area contributed by atoms with E-state index in [-0.39, 0.29) is 0 Å². The van der Waals surface area contributed by atoms with Crippen LogP contribution in [0.25, 0.3) is 0 Å². The van der Waals surface area contributed by atoms with E-state index in [9.17, 15) is 0 Å². The Balaban J connectivity index is 5.01. The Hall–Kier alpha value is 0.915. The van der Waals surface area contributed by atoms with Gasteiger partial charge in [0.1, 0.15) is 0 Å². The average molecular weight is 753 g/mol. The summed E-state index contributed by atoms with van der Waals surface area (Å²) in [6.07, 6.45) is 0. The number of nitrogens with zero attached hydrogens (tertiary/aromatic N) is 1. The van der Waals surface area contributed by atoms with Gasteiger partial charge in [0.05, 0.1) is 0 Å². The van der Waals surface area contributed by atoms with E-state index in [0.717, 1.165) is 20.0 Å². The normalized spacial score (nSPS) is 15.4. The summed E-state index contributed by atoms with van der Waals surface area (Å²) in [6.45, 7) is 67.0. The lowest BCUT2D eigenvalue weighted by Crippen LogP contribution is -2.74. The predicted octanol–water partition coefficient (Wildman–Crippen LogP) is 11.6. The summed E-state index contributed by atoms with van der Waals surface area (Å²) in [5.74, 6) is 0. The van der Waals surface area contributed by atoms with Crippen molar-refractivity contribution in [3.63, 3.8) is 0 Å². The molecule has 0 spiro atoms. The summed E-state index contributed by atoms with van der Waals surface area (Å²) in [5.41, 5.74) is 5.50. The smallest absolute Gasteiger partial charge is 0.183 e. The van der Waals surface area contributed by atoms with Crippen molar-refractivity contribution in [2.75, 3.05) is 0 Å². The van der Waals surface area contributed by atoms with Gasteiger partial charge in [-0.25, -0.2) is 0 Å². The van der Waals surface area contributed by atoms with Crippen LogP contribution < -0.4 is 5.19 Å². The minimum Gasteiger partial charge on any atom is -0.317 e. The van der Waals surface area contributed by atoms with Crippen LogP contribution in [0.4, 0.5) is 0 Å². The molecule has 9 heteroatoms. The Labute approximate surface area is 294 Å². The van der Waals surface area contributed by atoms with E-state index in [4.69, 9.17) is 0 Å². The van der Waals surface area contributed by atoms with Crippen LogP contribution in [0, 0.1) is 0 Å². The summed E-state index contributed by atoms with van der Waals surface area (Å²) in [4.78, 5) is 0. The highest BCUT2D eigenvalue weighted by molar-refractivity contribution is 7.14. The van der Waals surface area contributed by atoms with Gasteiger partial charge in [0.25, 0.3) is 0 Å². The van der Waals surface area contributed by atoms with Crippen LogP contribution in [0.15, 0.2) is 12.1 Å². The molecule has 0 aliphatic heterocycles. The quantitative estimate of drug-likeness (QED) is 0.171. The van der Waals surface area contributed by atoms with E-state index in [2.05, 4.69) is 182 Å². The zero-order valence-corrected chi connectivity index (χ0v) is 43.4. The molecule has 0 heterocycles. The number of rotatable bonds is 14. The number of hydrogen-bond acceptors (Lipinski definition) is 1. The Morgan fingerprint density at radius 1 is 0.467 bits per heavy atom. The van der Waals surface area contributed by atoms with Gasteiger partial charge in [0, 0.05) is 56.5 Å². The minimum atomic E-state index is -1.67. The molecule has 1 rings (SSSR count). The van der Waals surface area contributed by atoms with Crippen molar-refractivity contribution in [2.24, 2.45) is 0 Å². The van der Waals surface area contributed by atoms with Crippen molar-refractivity contribution >= 4 is 71.4 Å². The van der Waals surface area contributed by atoms with Crippen molar-refractivity contribution in [1.29, 1.82) is 0 Å². The average Bonchev–Trinajstić information content (AvgIpc) is 2.65. The Kier molecular flexibility index (Phi) is 13.6. The monoisotopic (exact) mass is 751 g/mol. The molecule has 0 saturated heterocycles. The van der Waals surface area contributed by atoms with Gasteiger partial charge in [0.2, 0.25) is 0 Å². The molecule has 1 nitrogen and oxygen atoms in total. The van der Waals surface area contributed by atoms with Crippen molar-refractivity contribution in [1.82, 2.24) is 4.57 Å². The van der Waals surface area contributed by atoms with Gasteiger partial charge in [-0.2, -0.15) is 0 Å². The molecule has 2 radical (unpaired) electrons. The van der Waals surface area contributed by atoms with Crippen LogP contribution in [0.2, 0.25) is 137 Å². The molecule has 0 aliphatic rings. The van der Waals surface area contributed by atoms with E-state index in [1.54, 1.807) is 5.19 Å². The molecule has 0 amide bonds. The second-order valence-electron chi connectivity index (χ2n) is 22.6. The third kappa shape index (κ3) is 9.38. The number of hydrogen-bond donors (Lipinski definition) is 0. The van der Waals surface area contributed by atoms with Crippen LogP contribution in [0.5, 0.6) is 0 Å². The topological polar surface area (TPSA) is 3.24 Å². The fourth-order valence-electron chi connectivity index (χ4n) is 11.6. The zero-order chi connectivity index (χ0) is 36.3. The maximum absolute atomic E-state index is 2.96. The largest absolute Gasteiger partial charge is 0.317 e. The molecule has 0 bridgehead atoms. The van der Waals surface area contributed by atoms with E-state index in [1.807, 2.05) is 16.7 Å². The molecule has 0 aliphatic carbocycles. The van der Waals surface area contributed by atoms with E-state index >= 15 is 0 Å². The summed E-state index contributed by atoms with van der Waals surface area (Å²) >= 11 is 0. The van der Waals surface area contributed by atoms with E-state index < -0.39 is 56.5 Å². The number of benzene rings is 1. The van der Waals surface area contributed by atoms with Crippen LogP contribution in [0.3, 0.4) is 0 Å². The highest BCUT2D eigenvalue weighted by Crippen LogP contribution is 2.51. The first-order valence-corrected chi connectivity index (χ1v) is 43.9. The van der Waals surface area contributed by atoms with Gasteiger partial charge < -0.3 is 4.57 Å². The lowest BCUT2D eigenvalue weighted by atomic mass is 10.1. The van der Waals surface area contributed by atoms with Crippen LogP contribution >= 0.6 is 0 Å². The highest BCUT2D eigenvalue weighted by Gasteiger charge is 2.61. The van der Waals surface area contributed by atoms with Gasteiger partial charge in [-0.15, -0.1) is 0 Å². The van der Waals surface area contributed by atoms with Crippen LogP contribution in [-0.4, -0.2) is 82.8 Å². The molecule has 0 aromatic heterocycles. The molecule has 0 N–H and O–H groups in total. The summed E-state index contributed by atoms with van der Waals surface area (Å²) in [6, 6.07) is 7.02. The fourth-order valence-corrected chi connectivity index (χ4v) is 69.1. The molecule has 262 valence electrons. The Morgan fingerprint density at radius 3 is 0.889 bits per heavy atom. The van der Waals surface area contributed by atoms with Gasteiger partial charge in [-0.3, -0.25) is 0 Å². The van der Waals surface area contributed by atoms with E-state index in [0.29, 0.717) is 16.4 Å². The molecule has 0 saturated carbocycles. The molecule has 1 aromatic carbocycles. The van der Waals surface area contributed by atoms with Crippen LogP contribution in [0.1, 0.15) is 54.7 Å². The van der Waals surface area contributed by atoms with Crippen molar-refractivity contribution in [2.45, 2.75) is 192 Å². The van der Waals surface area contributed by atoms with Crippen LogP contribution in [-0.2, 0) is 4.28 Å². The third-order valence-corrected chi connectivity index (χ3v) is 52.2. The first-order valence-electron chi connectivity index (χ1n) is 18.2. The Bertz CT molecular complexity index is 1020. The molecular formula is C36H81NSi8. The molecule has 0 atom stereocenters. The zero-order valence-electron chi connectivity index (χ0n) is 35.4. The predicted molar refractivity (Wildman–Crippen MR) is 235 cm³/mol. The maximum Gasteiger partial charge on any atom is 0.183 e. The van der Waals surface area contributed by atoms with Gasteiger partial charge in [-0.05, 0) is 48.6 Å². The summed E-state index contributed by atoms with van der Waals surface area (Å²) in [7, 11) is -10.5. The lowest BCUT2D eigenvalue weighted by molar-refractivity contribution is 0.315. The molecule has 45 heavy (non-hydrogen) atoms. The van der Waals surface area contributed by atoms with E-state index in [1.165, 1.54) is 0 Å². The van der Waals surface area contributed by atoms with Gasteiger partial charge >= 0.3 is 0 Å². The Morgan fingerprint density at radius 2 is 0.711 bits per heavy atom. The SMILES string of the molecule is CC(C)N([Si]c1c(C([Si](C)(C)C)[Si](C)(C)C)cc(C([Si](C)(C)C)([Si](C)(C)C)[Si](C)(C)C)cc1C([Si](C)(C)C)[Si](C)(C)C)C(C)C. The minimum absolute atomic E-state index is 0.390. The summed E-state index contributed by atoms with van der Waals surface area (Å²) < 4.78 is 3.24. The lowest BCUT2D eigenvalue weighted by Gasteiger charge is -2.60. The molecule has 0 fully saturated rings. The third-order valence-electron chi connectivity index (χ3n) is 10.4. The van der Waals surface area contributed by atoms with Gasteiger partial charge in [-0.1, -0.05) is 177 Å². The highest BCUT2D eigenvalue weighted by atomic mass is 28.5. The van der Waals surface area contributed by atoms with Gasteiger partial charge in [0.15, 0.2) is 9.68 Å². The van der Waals surface area contributed by atoms with Crippen molar-refractivity contribution < 1.29 is 0 Å². The first-order chi connectivity index (χ1) is 19.5. The molecular weight excluding hydrogens is 671 g/mol. The second kappa shape index (κ2) is 13.9. The molecule has 0 unspecified atom stereocenters. The van der Waals surface area contributed by atoms with Crippen molar-refractivity contribution in [3.05, 3.63) is 28.8 Å². The fraction of sp³-hybridized carbons (Fsp3) is 0.833. The van der Waals surface area contributed by atoms with Crippen molar-refractivity contribution in [3.8, 4) is 0 Å². The standard InChI is InChI=1S/C36H81NSi8/c1-28(2)37(29(3)4)38-33-31(34(39(5,6)7)40(8,9)10)26-30(27-32(33)35(41(11,12)13)42(14,15)16)36(43(17,18)19,44(20,21)22)45(23,24)25/h26-29,34-35H,1-25H3. The second-order valence-corrected chi connectivity index (χ2v) is 63.4. The maximum atomic E-state index is 2.96.